The van der Waals surface area contributed by atoms with Gasteiger partial charge >= 0.3 is 0 Å². The van der Waals surface area contributed by atoms with E-state index in [0.29, 0.717) is 28.6 Å². The molecule has 2 aromatic heterocycles. The maximum absolute atomic E-state index is 15.4. The molecule has 3 N–H and O–H groups in total. The summed E-state index contributed by atoms with van der Waals surface area (Å²) in [5.74, 6) is 0.0596. The van der Waals surface area contributed by atoms with Crippen molar-refractivity contribution >= 4 is 28.8 Å². The number of imidazole rings is 1. The van der Waals surface area contributed by atoms with Gasteiger partial charge in [-0.3, -0.25) is 9.20 Å². The van der Waals surface area contributed by atoms with Crippen LogP contribution in [0.2, 0.25) is 5.02 Å². The molecule has 4 rings (SSSR count). The fraction of sp³-hybridized carbons (Fsp3) is 0.480. The molecule has 0 saturated heterocycles. The maximum Gasteiger partial charge on any atom is 0.258 e. The number of hydrogen-bond donors (Lipinski definition) is 2. The Balaban J connectivity index is 1.84. The second kappa shape index (κ2) is 9.41. The van der Waals surface area contributed by atoms with Gasteiger partial charge in [0.1, 0.15) is 28.5 Å². The number of aromatic nitrogens is 3. The van der Waals surface area contributed by atoms with E-state index in [1.165, 1.54) is 6.07 Å². The summed E-state index contributed by atoms with van der Waals surface area (Å²) in [6.07, 6.45) is 5.86. The van der Waals surface area contributed by atoms with Crippen molar-refractivity contribution in [3.63, 3.8) is 0 Å². The third kappa shape index (κ3) is 4.43. The van der Waals surface area contributed by atoms with Gasteiger partial charge in [0.05, 0.1) is 16.8 Å². The molecule has 9 heteroatoms. The van der Waals surface area contributed by atoms with Crippen LogP contribution in [0.3, 0.4) is 0 Å². The SMILES string of the molecule is Cc1nc([C@H](C)c2cc(Cl)c(F)c(C(=O)N[C@H]3CC[C@@H](C)C3)c2OC(C)C)n2ccnc(N)c12. The zero-order chi connectivity index (χ0) is 24.7. The Morgan fingerprint density at radius 1 is 1.35 bits per heavy atom. The number of rotatable bonds is 6. The van der Waals surface area contributed by atoms with Crippen molar-refractivity contribution in [2.45, 2.75) is 71.9 Å². The average Bonchev–Trinajstić information content (AvgIpc) is 3.33. The van der Waals surface area contributed by atoms with Crippen molar-refractivity contribution in [3.05, 3.63) is 51.9 Å². The molecule has 0 aliphatic heterocycles. The van der Waals surface area contributed by atoms with Gasteiger partial charge in [-0.25, -0.2) is 14.4 Å². The largest absolute Gasteiger partial charge is 0.490 e. The number of carbonyl (C=O) groups is 1. The third-order valence-electron chi connectivity index (χ3n) is 6.45. The molecule has 1 aliphatic carbocycles. The van der Waals surface area contributed by atoms with Gasteiger partial charge in [0, 0.05) is 29.9 Å². The number of amides is 1. The van der Waals surface area contributed by atoms with Gasteiger partial charge in [-0.15, -0.1) is 0 Å². The molecule has 0 bridgehead atoms. The number of benzene rings is 1. The lowest BCUT2D eigenvalue weighted by Gasteiger charge is -2.23. The zero-order valence-corrected chi connectivity index (χ0v) is 20.9. The Morgan fingerprint density at radius 3 is 2.74 bits per heavy atom. The van der Waals surface area contributed by atoms with Crippen molar-refractivity contribution in [2.24, 2.45) is 5.92 Å². The molecule has 3 atom stereocenters. The van der Waals surface area contributed by atoms with E-state index in [1.807, 2.05) is 32.1 Å². The third-order valence-corrected chi connectivity index (χ3v) is 6.72. The summed E-state index contributed by atoms with van der Waals surface area (Å²) in [6.45, 7) is 9.60. The highest BCUT2D eigenvalue weighted by atomic mass is 35.5. The van der Waals surface area contributed by atoms with Gasteiger partial charge in [-0.05, 0) is 52.0 Å². The summed E-state index contributed by atoms with van der Waals surface area (Å²) < 4.78 is 23.3. The molecule has 2 heterocycles. The summed E-state index contributed by atoms with van der Waals surface area (Å²) >= 11 is 6.32. The van der Waals surface area contributed by atoms with Crippen LogP contribution in [0.15, 0.2) is 18.5 Å². The van der Waals surface area contributed by atoms with Gasteiger partial charge < -0.3 is 15.8 Å². The molecule has 3 aromatic rings. The molecule has 182 valence electrons. The quantitative estimate of drug-likeness (QED) is 0.494. The van der Waals surface area contributed by atoms with Gasteiger partial charge in [-0.2, -0.15) is 0 Å². The summed E-state index contributed by atoms with van der Waals surface area (Å²) in [5, 5.41) is 2.85. The molecule has 0 spiro atoms. The lowest BCUT2D eigenvalue weighted by molar-refractivity contribution is 0.0926. The minimum atomic E-state index is -0.783. The Kier molecular flexibility index (Phi) is 6.71. The van der Waals surface area contributed by atoms with Crippen LogP contribution in [0.5, 0.6) is 5.75 Å². The van der Waals surface area contributed by atoms with Crippen LogP contribution in [0.4, 0.5) is 10.2 Å². The minimum Gasteiger partial charge on any atom is -0.490 e. The summed E-state index contributed by atoms with van der Waals surface area (Å²) in [5.41, 5.74) is 7.92. The smallest absolute Gasteiger partial charge is 0.258 e. The molecular weight excluding hydrogens is 457 g/mol. The predicted molar refractivity (Wildman–Crippen MR) is 131 cm³/mol. The number of halogens is 2. The lowest BCUT2D eigenvalue weighted by atomic mass is 9.95. The Morgan fingerprint density at radius 2 is 2.09 bits per heavy atom. The normalized spacial score (nSPS) is 19.1. The van der Waals surface area contributed by atoms with Crippen LogP contribution in [-0.4, -0.2) is 32.4 Å². The molecule has 7 nitrogen and oxygen atoms in total. The van der Waals surface area contributed by atoms with Gasteiger partial charge in [-0.1, -0.05) is 25.4 Å². The van der Waals surface area contributed by atoms with E-state index in [-0.39, 0.29) is 34.4 Å². The summed E-state index contributed by atoms with van der Waals surface area (Å²) in [7, 11) is 0. The first kappa shape index (κ1) is 24.3. The van der Waals surface area contributed by atoms with Crippen LogP contribution >= 0.6 is 11.6 Å². The highest BCUT2D eigenvalue weighted by molar-refractivity contribution is 6.31. The first-order valence-corrected chi connectivity index (χ1v) is 12.0. The number of nitrogens with one attached hydrogen (secondary N) is 1. The Labute approximate surface area is 203 Å². The topological polar surface area (TPSA) is 94.5 Å². The van der Waals surface area contributed by atoms with E-state index in [2.05, 4.69) is 17.2 Å². The standard InChI is InChI=1S/C25H31ClFN5O2/c1-12(2)34-22-17(14(4)24-30-15(5)21-23(28)29-8-9-32(21)24)11-18(26)20(27)19(22)25(33)31-16-7-6-13(3)10-16/h8-9,11-14,16H,6-7,10H2,1-5H3,(H2,28,29)(H,31,33)/t13-,14-,16+/m1/s1. The van der Waals surface area contributed by atoms with Crippen molar-refractivity contribution in [1.82, 2.24) is 19.7 Å². The van der Waals surface area contributed by atoms with Crippen LogP contribution in [0, 0.1) is 18.7 Å². The van der Waals surface area contributed by atoms with Crippen molar-refractivity contribution in [1.29, 1.82) is 0 Å². The average molecular weight is 488 g/mol. The molecule has 0 radical (unpaired) electrons. The van der Waals surface area contributed by atoms with E-state index in [4.69, 9.17) is 27.1 Å². The van der Waals surface area contributed by atoms with Crippen LogP contribution < -0.4 is 15.8 Å². The minimum absolute atomic E-state index is 0.00280. The fourth-order valence-corrected chi connectivity index (χ4v) is 5.04. The molecule has 1 amide bonds. The number of ether oxygens (including phenoxy) is 1. The number of nitrogens with zero attached hydrogens (tertiary/aromatic N) is 3. The number of fused-ring (bicyclic) bond motifs is 1. The number of nitrogens with two attached hydrogens (primary N) is 1. The highest BCUT2D eigenvalue weighted by Crippen LogP contribution is 2.40. The van der Waals surface area contributed by atoms with Crippen LogP contribution in [0.25, 0.3) is 5.52 Å². The van der Waals surface area contributed by atoms with E-state index in [9.17, 15) is 4.79 Å². The number of carbonyl (C=O) groups excluding carboxylic acids is 1. The monoisotopic (exact) mass is 487 g/mol. The number of hydrogen-bond acceptors (Lipinski definition) is 5. The second-order valence-corrected chi connectivity index (χ2v) is 9.94. The fourth-order valence-electron chi connectivity index (χ4n) is 4.82. The maximum atomic E-state index is 15.4. The zero-order valence-electron chi connectivity index (χ0n) is 20.2. The van der Waals surface area contributed by atoms with Gasteiger partial charge in [0.2, 0.25) is 0 Å². The first-order valence-electron chi connectivity index (χ1n) is 11.7. The van der Waals surface area contributed by atoms with E-state index >= 15 is 4.39 Å². The summed E-state index contributed by atoms with van der Waals surface area (Å²) in [4.78, 5) is 22.2. The van der Waals surface area contributed by atoms with Crippen molar-refractivity contribution < 1.29 is 13.9 Å². The summed E-state index contributed by atoms with van der Waals surface area (Å²) in [6, 6.07) is 1.53. The lowest BCUT2D eigenvalue weighted by Crippen LogP contribution is -2.34. The number of nitrogen functional groups attached to an aromatic ring is 1. The Bertz CT molecular complexity index is 1240. The first-order chi connectivity index (χ1) is 16.1. The Hall–Kier alpha value is -2.87. The molecule has 1 aromatic carbocycles. The van der Waals surface area contributed by atoms with E-state index in [0.717, 1.165) is 25.0 Å². The van der Waals surface area contributed by atoms with Crippen LogP contribution in [0.1, 0.15) is 80.3 Å². The number of anilines is 1. The van der Waals surface area contributed by atoms with Gasteiger partial charge in [0.25, 0.3) is 5.91 Å². The predicted octanol–water partition coefficient (Wildman–Crippen LogP) is 5.27. The number of aryl methyl sites for hydroxylation is 1. The van der Waals surface area contributed by atoms with Crippen molar-refractivity contribution in [3.8, 4) is 5.75 Å². The molecule has 1 aliphatic rings. The van der Waals surface area contributed by atoms with E-state index in [1.54, 1.807) is 12.4 Å². The van der Waals surface area contributed by atoms with Crippen molar-refractivity contribution in [2.75, 3.05) is 5.73 Å². The second-order valence-electron chi connectivity index (χ2n) is 9.53. The molecule has 34 heavy (non-hydrogen) atoms. The molecular formula is C25H31ClFN5O2. The van der Waals surface area contributed by atoms with Gasteiger partial charge in [0.15, 0.2) is 5.82 Å². The highest BCUT2D eigenvalue weighted by Gasteiger charge is 2.32. The molecule has 0 unspecified atom stereocenters. The molecule has 1 fully saturated rings. The van der Waals surface area contributed by atoms with E-state index < -0.39 is 11.7 Å². The van der Waals surface area contributed by atoms with Crippen LogP contribution in [-0.2, 0) is 0 Å². The molecule has 1 saturated carbocycles.